The summed E-state index contributed by atoms with van der Waals surface area (Å²) in [6, 6.07) is 11.5. The summed E-state index contributed by atoms with van der Waals surface area (Å²) in [6.45, 7) is 2.00. The van der Waals surface area contributed by atoms with Crippen LogP contribution in [0.15, 0.2) is 40.9 Å². The molecule has 0 spiro atoms. The molecule has 0 bridgehead atoms. The molecular formula is C17H19BrO3. The fraction of sp³-hybridized carbons (Fsp3) is 0.294. The highest BCUT2D eigenvalue weighted by Gasteiger charge is 2.16. The van der Waals surface area contributed by atoms with Gasteiger partial charge in [0.25, 0.3) is 0 Å². The van der Waals surface area contributed by atoms with E-state index < -0.39 is 6.10 Å². The fourth-order valence-corrected chi connectivity index (χ4v) is 2.68. The normalized spacial score (nSPS) is 12.0. The summed E-state index contributed by atoms with van der Waals surface area (Å²) >= 11 is 3.51. The minimum atomic E-state index is -0.636. The summed E-state index contributed by atoms with van der Waals surface area (Å²) < 4.78 is 11.5. The molecule has 0 aliphatic carbocycles. The zero-order valence-corrected chi connectivity index (χ0v) is 14.0. The molecule has 0 heterocycles. The van der Waals surface area contributed by atoms with Crippen molar-refractivity contribution in [2.45, 2.75) is 19.4 Å². The van der Waals surface area contributed by atoms with E-state index in [1.54, 1.807) is 14.2 Å². The minimum Gasteiger partial charge on any atom is -0.497 e. The fourth-order valence-electron chi connectivity index (χ4n) is 2.27. The Bertz CT molecular complexity index is 625. The van der Waals surface area contributed by atoms with Crippen molar-refractivity contribution < 1.29 is 14.6 Å². The molecule has 4 heteroatoms. The van der Waals surface area contributed by atoms with E-state index in [0.717, 1.165) is 26.9 Å². The van der Waals surface area contributed by atoms with E-state index in [0.29, 0.717) is 12.2 Å². The first kappa shape index (κ1) is 15.9. The Hall–Kier alpha value is -1.52. The Morgan fingerprint density at radius 3 is 2.52 bits per heavy atom. The number of ether oxygens (including phenoxy) is 2. The first-order valence-corrected chi connectivity index (χ1v) is 7.49. The van der Waals surface area contributed by atoms with Crippen LogP contribution in [0, 0.1) is 6.92 Å². The quantitative estimate of drug-likeness (QED) is 0.883. The number of benzene rings is 2. The summed E-state index contributed by atoms with van der Waals surface area (Å²) in [5.74, 6) is 1.48. The highest BCUT2D eigenvalue weighted by Crippen LogP contribution is 2.31. The highest BCUT2D eigenvalue weighted by molar-refractivity contribution is 9.10. The Morgan fingerprint density at radius 1 is 1.10 bits per heavy atom. The molecule has 2 aromatic rings. The predicted molar refractivity (Wildman–Crippen MR) is 87.1 cm³/mol. The first-order valence-electron chi connectivity index (χ1n) is 6.70. The summed E-state index contributed by atoms with van der Waals surface area (Å²) in [4.78, 5) is 0. The van der Waals surface area contributed by atoms with Gasteiger partial charge in [-0.25, -0.2) is 0 Å². The molecule has 2 aromatic carbocycles. The largest absolute Gasteiger partial charge is 0.497 e. The van der Waals surface area contributed by atoms with Crippen LogP contribution in [-0.2, 0) is 6.42 Å². The van der Waals surface area contributed by atoms with Crippen LogP contribution < -0.4 is 9.47 Å². The van der Waals surface area contributed by atoms with E-state index in [4.69, 9.17) is 9.47 Å². The van der Waals surface area contributed by atoms with Gasteiger partial charge in [-0.1, -0.05) is 27.6 Å². The average molecular weight is 351 g/mol. The Morgan fingerprint density at radius 2 is 1.86 bits per heavy atom. The van der Waals surface area contributed by atoms with Crippen LogP contribution in [0.5, 0.6) is 11.5 Å². The maximum atomic E-state index is 10.6. The standard InChI is InChI=1S/C17H19BrO3/c1-11-4-7-17(21-3)14(8-11)16(19)10-12-9-13(20-2)5-6-15(12)18/h4-9,16,19H,10H2,1-3H3. The van der Waals surface area contributed by atoms with Crippen LogP contribution in [-0.4, -0.2) is 19.3 Å². The summed E-state index contributed by atoms with van der Waals surface area (Å²) in [5, 5.41) is 10.6. The van der Waals surface area contributed by atoms with Gasteiger partial charge in [0, 0.05) is 16.5 Å². The number of hydrogen-bond donors (Lipinski definition) is 1. The van der Waals surface area contributed by atoms with Gasteiger partial charge in [-0.05, 0) is 42.8 Å². The van der Waals surface area contributed by atoms with E-state index in [1.807, 2.05) is 43.3 Å². The third-order valence-corrected chi connectivity index (χ3v) is 4.18. The molecular weight excluding hydrogens is 332 g/mol. The molecule has 0 fully saturated rings. The summed E-state index contributed by atoms with van der Waals surface area (Å²) in [7, 11) is 3.25. The van der Waals surface area contributed by atoms with Gasteiger partial charge in [0.15, 0.2) is 0 Å². The molecule has 3 nitrogen and oxygen atoms in total. The van der Waals surface area contributed by atoms with Crippen molar-refractivity contribution in [1.82, 2.24) is 0 Å². The molecule has 1 N–H and O–H groups in total. The van der Waals surface area contributed by atoms with Crippen LogP contribution >= 0.6 is 15.9 Å². The van der Waals surface area contributed by atoms with Crippen molar-refractivity contribution in [3.05, 3.63) is 57.6 Å². The monoisotopic (exact) mass is 350 g/mol. The van der Waals surface area contributed by atoms with Gasteiger partial charge >= 0.3 is 0 Å². The second kappa shape index (κ2) is 6.96. The lowest BCUT2D eigenvalue weighted by Crippen LogP contribution is -2.05. The zero-order chi connectivity index (χ0) is 15.4. The van der Waals surface area contributed by atoms with E-state index in [1.165, 1.54) is 0 Å². The molecule has 0 aliphatic rings. The van der Waals surface area contributed by atoms with Crippen molar-refractivity contribution in [3.8, 4) is 11.5 Å². The van der Waals surface area contributed by atoms with Gasteiger partial charge in [-0.2, -0.15) is 0 Å². The molecule has 0 saturated heterocycles. The number of methoxy groups -OCH3 is 2. The van der Waals surface area contributed by atoms with Crippen LogP contribution in [0.25, 0.3) is 0 Å². The Labute approximate surface area is 133 Å². The molecule has 0 amide bonds. The van der Waals surface area contributed by atoms with E-state index in [9.17, 15) is 5.11 Å². The summed E-state index contributed by atoms with van der Waals surface area (Å²) in [6.07, 6.45) is -0.152. The molecule has 1 unspecified atom stereocenters. The van der Waals surface area contributed by atoms with Crippen molar-refractivity contribution >= 4 is 15.9 Å². The Kier molecular flexibility index (Phi) is 5.26. The maximum absolute atomic E-state index is 10.6. The number of aliphatic hydroxyl groups excluding tert-OH is 1. The third kappa shape index (κ3) is 3.77. The zero-order valence-electron chi connectivity index (χ0n) is 12.4. The molecule has 0 aromatic heterocycles. The van der Waals surface area contributed by atoms with E-state index >= 15 is 0 Å². The number of hydrogen-bond acceptors (Lipinski definition) is 3. The van der Waals surface area contributed by atoms with Crippen molar-refractivity contribution in [1.29, 1.82) is 0 Å². The number of halogens is 1. The predicted octanol–water partition coefficient (Wildman–Crippen LogP) is 4.05. The topological polar surface area (TPSA) is 38.7 Å². The molecule has 0 radical (unpaired) electrons. The number of aliphatic hydroxyl groups is 1. The van der Waals surface area contributed by atoms with Gasteiger partial charge in [-0.15, -0.1) is 0 Å². The second-order valence-electron chi connectivity index (χ2n) is 4.92. The molecule has 21 heavy (non-hydrogen) atoms. The van der Waals surface area contributed by atoms with Crippen molar-refractivity contribution in [2.75, 3.05) is 14.2 Å². The van der Waals surface area contributed by atoms with E-state index in [2.05, 4.69) is 15.9 Å². The lowest BCUT2D eigenvalue weighted by atomic mass is 9.99. The third-order valence-electron chi connectivity index (χ3n) is 3.41. The molecule has 0 aliphatic heterocycles. The smallest absolute Gasteiger partial charge is 0.124 e. The van der Waals surface area contributed by atoms with Gasteiger partial charge in [0.05, 0.1) is 20.3 Å². The molecule has 2 rings (SSSR count). The SMILES string of the molecule is COc1ccc(Br)c(CC(O)c2cc(C)ccc2OC)c1. The maximum Gasteiger partial charge on any atom is 0.124 e. The van der Waals surface area contributed by atoms with Crippen LogP contribution in [0.2, 0.25) is 0 Å². The number of rotatable bonds is 5. The number of aryl methyl sites for hydroxylation is 1. The minimum absolute atomic E-state index is 0.484. The lowest BCUT2D eigenvalue weighted by Gasteiger charge is -2.17. The first-order chi connectivity index (χ1) is 10.0. The summed E-state index contributed by atoms with van der Waals surface area (Å²) in [5.41, 5.74) is 2.88. The molecule has 1 atom stereocenters. The van der Waals surface area contributed by atoms with Gasteiger partial charge in [-0.3, -0.25) is 0 Å². The van der Waals surface area contributed by atoms with Crippen LogP contribution in [0.1, 0.15) is 22.8 Å². The van der Waals surface area contributed by atoms with Gasteiger partial charge in [0.1, 0.15) is 11.5 Å². The lowest BCUT2D eigenvalue weighted by molar-refractivity contribution is 0.173. The van der Waals surface area contributed by atoms with Crippen molar-refractivity contribution in [2.24, 2.45) is 0 Å². The van der Waals surface area contributed by atoms with Crippen LogP contribution in [0.4, 0.5) is 0 Å². The van der Waals surface area contributed by atoms with Gasteiger partial charge in [0.2, 0.25) is 0 Å². The van der Waals surface area contributed by atoms with Crippen LogP contribution in [0.3, 0.4) is 0 Å². The Balaban J connectivity index is 2.29. The van der Waals surface area contributed by atoms with Crippen molar-refractivity contribution in [3.63, 3.8) is 0 Å². The van der Waals surface area contributed by atoms with Gasteiger partial charge < -0.3 is 14.6 Å². The molecule has 0 saturated carbocycles. The van der Waals surface area contributed by atoms with E-state index in [-0.39, 0.29) is 0 Å². The second-order valence-corrected chi connectivity index (χ2v) is 5.78. The molecule has 112 valence electrons. The highest BCUT2D eigenvalue weighted by atomic mass is 79.9. The average Bonchev–Trinajstić information content (AvgIpc) is 2.49.